The van der Waals surface area contributed by atoms with Crippen LogP contribution < -0.4 is 5.32 Å². The van der Waals surface area contributed by atoms with E-state index < -0.39 is 0 Å². The third kappa shape index (κ3) is 1.23. The molecule has 1 N–H and O–H groups in total. The highest BCUT2D eigenvalue weighted by Crippen LogP contribution is 2.52. The molecule has 0 aromatic carbocycles. The maximum Gasteiger partial charge on any atom is 0.223 e. The fourth-order valence-corrected chi connectivity index (χ4v) is 2.39. The molecule has 72 valence electrons. The summed E-state index contributed by atoms with van der Waals surface area (Å²) in [6, 6.07) is 0. The van der Waals surface area contributed by atoms with Gasteiger partial charge in [0, 0.05) is 31.8 Å². The third-order valence-corrected chi connectivity index (χ3v) is 3.28. The van der Waals surface area contributed by atoms with Gasteiger partial charge in [-0.2, -0.15) is 0 Å². The van der Waals surface area contributed by atoms with Gasteiger partial charge < -0.3 is 10.2 Å². The molecule has 2 atom stereocenters. The summed E-state index contributed by atoms with van der Waals surface area (Å²) in [6.07, 6.45) is 0. The van der Waals surface area contributed by atoms with Gasteiger partial charge >= 0.3 is 0 Å². The number of amides is 1. The first-order valence-corrected chi connectivity index (χ1v) is 4.77. The number of rotatable bonds is 2. The van der Waals surface area contributed by atoms with Crippen molar-refractivity contribution in [2.75, 3.05) is 20.1 Å². The molecule has 1 aliphatic carbocycles. The summed E-state index contributed by atoms with van der Waals surface area (Å²) in [7, 11) is 1.72. The molecule has 2 unspecified atom stereocenters. The molecule has 0 spiro atoms. The SMILES string of the molecule is C=C(C)N1CC2C(C1)C2C(=O)NC. The van der Waals surface area contributed by atoms with Crippen molar-refractivity contribution in [3.63, 3.8) is 0 Å². The minimum Gasteiger partial charge on any atom is -0.375 e. The summed E-state index contributed by atoms with van der Waals surface area (Å²) in [5.41, 5.74) is 1.13. The average molecular weight is 180 g/mol. The van der Waals surface area contributed by atoms with Crippen molar-refractivity contribution in [1.29, 1.82) is 0 Å². The first-order chi connectivity index (χ1) is 6.15. The number of hydrogen-bond acceptors (Lipinski definition) is 2. The zero-order chi connectivity index (χ0) is 9.59. The van der Waals surface area contributed by atoms with Crippen LogP contribution in [-0.4, -0.2) is 30.9 Å². The molecule has 1 aliphatic heterocycles. The van der Waals surface area contributed by atoms with E-state index in [4.69, 9.17) is 0 Å². The maximum absolute atomic E-state index is 11.3. The van der Waals surface area contributed by atoms with Crippen LogP contribution in [0.15, 0.2) is 12.3 Å². The second kappa shape index (κ2) is 2.76. The van der Waals surface area contributed by atoms with E-state index in [2.05, 4.69) is 16.8 Å². The molecule has 1 heterocycles. The first kappa shape index (κ1) is 8.60. The topological polar surface area (TPSA) is 32.3 Å². The van der Waals surface area contributed by atoms with Gasteiger partial charge in [-0.3, -0.25) is 4.79 Å². The molecule has 2 rings (SSSR count). The minimum absolute atomic E-state index is 0.219. The van der Waals surface area contributed by atoms with Gasteiger partial charge in [0.15, 0.2) is 0 Å². The van der Waals surface area contributed by atoms with E-state index in [1.165, 1.54) is 0 Å². The average Bonchev–Trinajstić information content (AvgIpc) is 2.58. The fraction of sp³-hybridized carbons (Fsp3) is 0.700. The zero-order valence-corrected chi connectivity index (χ0v) is 8.21. The Balaban J connectivity index is 1.90. The van der Waals surface area contributed by atoms with Crippen LogP contribution in [0, 0.1) is 17.8 Å². The van der Waals surface area contributed by atoms with E-state index in [0.29, 0.717) is 17.8 Å². The van der Waals surface area contributed by atoms with E-state index in [0.717, 1.165) is 18.8 Å². The lowest BCUT2D eigenvalue weighted by molar-refractivity contribution is -0.122. The highest BCUT2D eigenvalue weighted by Gasteiger charge is 2.58. The number of nitrogens with one attached hydrogen (secondary N) is 1. The zero-order valence-electron chi connectivity index (χ0n) is 8.21. The highest BCUT2D eigenvalue weighted by molar-refractivity contribution is 5.82. The van der Waals surface area contributed by atoms with Gasteiger partial charge in [-0.25, -0.2) is 0 Å². The van der Waals surface area contributed by atoms with Gasteiger partial charge in [-0.05, 0) is 18.8 Å². The molecule has 0 aromatic heterocycles. The van der Waals surface area contributed by atoms with Crippen LogP contribution >= 0.6 is 0 Å². The van der Waals surface area contributed by atoms with Crippen molar-refractivity contribution < 1.29 is 4.79 Å². The van der Waals surface area contributed by atoms with Crippen molar-refractivity contribution in [3.05, 3.63) is 12.3 Å². The second-order valence-corrected chi connectivity index (χ2v) is 4.11. The van der Waals surface area contributed by atoms with E-state index in [1.807, 2.05) is 6.92 Å². The first-order valence-electron chi connectivity index (χ1n) is 4.77. The van der Waals surface area contributed by atoms with Crippen LogP contribution in [0.2, 0.25) is 0 Å². The molecule has 1 amide bonds. The van der Waals surface area contributed by atoms with Crippen molar-refractivity contribution in [2.45, 2.75) is 6.92 Å². The molecular weight excluding hydrogens is 164 g/mol. The van der Waals surface area contributed by atoms with Crippen molar-refractivity contribution in [3.8, 4) is 0 Å². The Kier molecular flexibility index (Phi) is 1.82. The van der Waals surface area contributed by atoms with E-state index >= 15 is 0 Å². The quantitative estimate of drug-likeness (QED) is 0.669. The summed E-state index contributed by atoms with van der Waals surface area (Å²) < 4.78 is 0. The Morgan fingerprint density at radius 2 is 2.00 bits per heavy atom. The molecule has 1 saturated carbocycles. The predicted octanol–water partition coefficient (Wildman–Crippen LogP) is 0.444. The fourth-order valence-electron chi connectivity index (χ4n) is 2.39. The lowest BCUT2D eigenvalue weighted by atomic mass is 10.2. The Bertz CT molecular complexity index is 250. The molecule has 0 bridgehead atoms. The normalized spacial score (nSPS) is 35.5. The summed E-state index contributed by atoms with van der Waals surface area (Å²) in [5, 5.41) is 2.72. The minimum atomic E-state index is 0.219. The van der Waals surface area contributed by atoms with E-state index in [1.54, 1.807) is 7.05 Å². The van der Waals surface area contributed by atoms with Gasteiger partial charge in [0.2, 0.25) is 5.91 Å². The van der Waals surface area contributed by atoms with Crippen LogP contribution in [0.3, 0.4) is 0 Å². The molecule has 2 aliphatic rings. The number of hydrogen-bond donors (Lipinski definition) is 1. The lowest BCUT2D eigenvalue weighted by Gasteiger charge is -2.21. The van der Waals surface area contributed by atoms with Crippen molar-refractivity contribution in [2.24, 2.45) is 17.8 Å². The predicted molar refractivity (Wildman–Crippen MR) is 50.9 cm³/mol. The molecule has 1 saturated heterocycles. The number of piperidine rings is 1. The Hall–Kier alpha value is -0.990. The van der Waals surface area contributed by atoms with Crippen LogP contribution in [0.4, 0.5) is 0 Å². The number of carbonyl (C=O) groups excluding carboxylic acids is 1. The largest absolute Gasteiger partial charge is 0.375 e. The van der Waals surface area contributed by atoms with Crippen LogP contribution in [0.1, 0.15) is 6.92 Å². The Morgan fingerprint density at radius 1 is 1.46 bits per heavy atom. The van der Waals surface area contributed by atoms with Crippen LogP contribution in [0.25, 0.3) is 0 Å². The van der Waals surface area contributed by atoms with E-state index in [9.17, 15) is 4.79 Å². The molecule has 3 heteroatoms. The molecule has 3 nitrogen and oxygen atoms in total. The van der Waals surface area contributed by atoms with Crippen LogP contribution in [-0.2, 0) is 4.79 Å². The number of fused-ring (bicyclic) bond motifs is 1. The Morgan fingerprint density at radius 3 is 2.38 bits per heavy atom. The molecule has 13 heavy (non-hydrogen) atoms. The highest BCUT2D eigenvalue weighted by atomic mass is 16.2. The Labute approximate surface area is 78.8 Å². The van der Waals surface area contributed by atoms with Crippen molar-refractivity contribution in [1.82, 2.24) is 10.2 Å². The van der Waals surface area contributed by atoms with Crippen LogP contribution in [0.5, 0.6) is 0 Å². The van der Waals surface area contributed by atoms with Gasteiger partial charge in [0.25, 0.3) is 0 Å². The summed E-state index contributed by atoms with van der Waals surface area (Å²) >= 11 is 0. The number of likely N-dealkylation sites (tertiary alicyclic amines) is 1. The summed E-state index contributed by atoms with van der Waals surface area (Å²) in [6.45, 7) is 7.99. The second-order valence-electron chi connectivity index (χ2n) is 4.11. The molecule has 0 aromatic rings. The third-order valence-electron chi connectivity index (χ3n) is 3.28. The van der Waals surface area contributed by atoms with Crippen molar-refractivity contribution >= 4 is 5.91 Å². The molecule has 2 fully saturated rings. The van der Waals surface area contributed by atoms with E-state index in [-0.39, 0.29) is 5.91 Å². The standard InChI is InChI=1S/C10H16N2O/c1-6(2)12-4-7-8(5-12)9(7)10(13)11-3/h7-9H,1,4-5H2,2-3H3,(H,11,13). The number of nitrogens with zero attached hydrogens (tertiary/aromatic N) is 1. The molecular formula is C10H16N2O. The summed E-state index contributed by atoms with van der Waals surface area (Å²) in [4.78, 5) is 13.6. The monoisotopic (exact) mass is 180 g/mol. The lowest BCUT2D eigenvalue weighted by Crippen LogP contribution is -2.28. The maximum atomic E-state index is 11.3. The smallest absolute Gasteiger partial charge is 0.223 e. The van der Waals surface area contributed by atoms with Gasteiger partial charge in [0.05, 0.1) is 0 Å². The number of carbonyl (C=O) groups is 1. The summed E-state index contributed by atoms with van der Waals surface area (Å²) in [5.74, 6) is 1.70. The molecule has 0 radical (unpaired) electrons. The number of allylic oxidation sites excluding steroid dienone is 1. The van der Waals surface area contributed by atoms with Gasteiger partial charge in [-0.1, -0.05) is 6.58 Å². The van der Waals surface area contributed by atoms with Gasteiger partial charge in [-0.15, -0.1) is 0 Å². The van der Waals surface area contributed by atoms with Gasteiger partial charge in [0.1, 0.15) is 0 Å².